The second-order valence-corrected chi connectivity index (χ2v) is 8.50. The zero-order chi connectivity index (χ0) is 24.1. The molecule has 10 heteroatoms. The Labute approximate surface area is 198 Å². The number of nitrogens with zero attached hydrogens (tertiary/aromatic N) is 6. The monoisotopic (exact) mass is 466 g/mol. The third-order valence-corrected chi connectivity index (χ3v) is 5.71. The fourth-order valence-electron chi connectivity index (χ4n) is 3.54. The Kier molecular flexibility index (Phi) is 7.24. The molecule has 1 saturated heterocycles. The summed E-state index contributed by atoms with van der Waals surface area (Å²) in [5.41, 5.74) is 2.35. The van der Waals surface area contributed by atoms with Crippen LogP contribution in [0.4, 0.5) is 6.01 Å². The molecule has 0 atom stereocenters. The number of methoxy groups -OCH3 is 1. The Bertz CT molecular complexity index is 1120. The van der Waals surface area contributed by atoms with Gasteiger partial charge in [0.25, 0.3) is 5.88 Å². The van der Waals surface area contributed by atoms with Crippen molar-refractivity contribution in [3.05, 3.63) is 47.5 Å². The van der Waals surface area contributed by atoms with Crippen molar-refractivity contribution in [2.75, 3.05) is 25.1 Å². The lowest BCUT2D eigenvalue weighted by Crippen LogP contribution is -2.38. The Hall–Kier alpha value is -3.69. The van der Waals surface area contributed by atoms with Crippen molar-refractivity contribution in [3.8, 4) is 17.5 Å². The van der Waals surface area contributed by atoms with E-state index in [9.17, 15) is 0 Å². The summed E-state index contributed by atoms with van der Waals surface area (Å²) in [6.07, 6.45) is 3.08. The predicted molar refractivity (Wildman–Crippen MR) is 127 cm³/mol. The van der Waals surface area contributed by atoms with Gasteiger partial charge in [-0.3, -0.25) is 0 Å². The van der Waals surface area contributed by atoms with Gasteiger partial charge in [0, 0.05) is 31.8 Å². The van der Waals surface area contributed by atoms with Crippen LogP contribution in [0.25, 0.3) is 0 Å². The molecule has 0 radical (unpaired) electrons. The molecule has 1 aliphatic heterocycles. The van der Waals surface area contributed by atoms with Crippen LogP contribution < -0.4 is 19.2 Å². The molecule has 34 heavy (non-hydrogen) atoms. The standard InChI is InChI=1S/C24H30N6O4/c1-15(2)21-27-24(34-29-21)30-12-10-20(11-13-30)32-22-16(3)23(26-14-25-22)33-28-17(4)18-6-8-19(31-5)9-7-18/h6-9,14-15,20H,10-13H2,1-5H3. The highest BCUT2D eigenvalue weighted by molar-refractivity contribution is 5.98. The van der Waals surface area contributed by atoms with Crippen molar-refractivity contribution in [3.63, 3.8) is 0 Å². The molecule has 0 spiro atoms. The third-order valence-electron chi connectivity index (χ3n) is 5.71. The quantitative estimate of drug-likeness (QED) is 0.357. The zero-order valence-corrected chi connectivity index (χ0v) is 20.2. The molecule has 1 aliphatic rings. The molecule has 0 saturated carbocycles. The van der Waals surface area contributed by atoms with Gasteiger partial charge in [0.05, 0.1) is 18.4 Å². The maximum Gasteiger partial charge on any atom is 0.324 e. The summed E-state index contributed by atoms with van der Waals surface area (Å²) >= 11 is 0. The van der Waals surface area contributed by atoms with Crippen LogP contribution in [0.3, 0.4) is 0 Å². The molecule has 1 aromatic carbocycles. The SMILES string of the molecule is COc1ccc(C(C)=NOc2ncnc(OC3CCN(c4nc(C(C)C)no4)CC3)c2C)cc1. The summed E-state index contributed by atoms with van der Waals surface area (Å²) in [6, 6.07) is 8.17. The number of piperidine rings is 1. The fraction of sp³-hybridized carbons (Fsp3) is 0.458. The molecule has 3 heterocycles. The van der Waals surface area contributed by atoms with Crippen molar-refractivity contribution in [1.82, 2.24) is 20.1 Å². The molecule has 1 fully saturated rings. The second kappa shape index (κ2) is 10.5. The molecule has 4 rings (SSSR count). The van der Waals surface area contributed by atoms with Crippen molar-refractivity contribution in [2.45, 2.75) is 52.6 Å². The van der Waals surface area contributed by atoms with Crippen molar-refractivity contribution >= 4 is 11.7 Å². The van der Waals surface area contributed by atoms with Crippen molar-refractivity contribution in [1.29, 1.82) is 0 Å². The van der Waals surface area contributed by atoms with E-state index in [-0.39, 0.29) is 12.0 Å². The first-order valence-corrected chi connectivity index (χ1v) is 11.4. The number of rotatable bonds is 8. The lowest BCUT2D eigenvalue weighted by Gasteiger charge is -2.30. The minimum absolute atomic E-state index is 0.0229. The van der Waals surface area contributed by atoms with Gasteiger partial charge in [-0.15, -0.1) is 0 Å². The van der Waals surface area contributed by atoms with E-state index in [1.807, 2.05) is 52.0 Å². The molecule has 10 nitrogen and oxygen atoms in total. The van der Waals surface area contributed by atoms with E-state index >= 15 is 0 Å². The Morgan fingerprint density at radius 3 is 2.47 bits per heavy atom. The van der Waals surface area contributed by atoms with E-state index in [1.165, 1.54) is 6.33 Å². The Balaban J connectivity index is 1.35. The minimum atomic E-state index is 0.0229. The molecule has 0 unspecified atom stereocenters. The van der Waals surface area contributed by atoms with Gasteiger partial charge in [0.2, 0.25) is 5.88 Å². The summed E-state index contributed by atoms with van der Waals surface area (Å²) in [5, 5.41) is 8.28. The average Bonchev–Trinajstić information content (AvgIpc) is 3.36. The fourth-order valence-corrected chi connectivity index (χ4v) is 3.54. The van der Waals surface area contributed by atoms with Gasteiger partial charge in [-0.1, -0.05) is 24.2 Å². The first-order valence-electron chi connectivity index (χ1n) is 11.4. The van der Waals surface area contributed by atoms with Gasteiger partial charge < -0.3 is 23.7 Å². The van der Waals surface area contributed by atoms with E-state index in [4.69, 9.17) is 18.8 Å². The molecule has 0 amide bonds. The number of aromatic nitrogens is 4. The lowest BCUT2D eigenvalue weighted by atomic mass is 10.1. The van der Waals surface area contributed by atoms with Crippen LogP contribution in [0.2, 0.25) is 0 Å². The summed E-state index contributed by atoms with van der Waals surface area (Å²) in [4.78, 5) is 20.7. The largest absolute Gasteiger partial charge is 0.497 e. The molecular weight excluding hydrogens is 436 g/mol. The molecule has 3 aromatic rings. The number of oxime groups is 1. The van der Waals surface area contributed by atoms with Crippen LogP contribution in [0.1, 0.15) is 56.5 Å². The van der Waals surface area contributed by atoms with Gasteiger partial charge in [0.1, 0.15) is 18.2 Å². The smallest absolute Gasteiger partial charge is 0.324 e. The summed E-state index contributed by atoms with van der Waals surface area (Å²) in [5.74, 6) is 2.61. The summed E-state index contributed by atoms with van der Waals surface area (Å²) < 4.78 is 16.8. The Morgan fingerprint density at radius 2 is 1.82 bits per heavy atom. The minimum Gasteiger partial charge on any atom is -0.497 e. The first-order chi connectivity index (χ1) is 16.4. The van der Waals surface area contributed by atoms with Gasteiger partial charge >= 0.3 is 6.01 Å². The molecule has 180 valence electrons. The lowest BCUT2D eigenvalue weighted by molar-refractivity contribution is 0.159. The van der Waals surface area contributed by atoms with Crippen LogP contribution in [-0.4, -0.2) is 52.1 Å². The van der Waals surface area contributed by atoms with Crippen LogP contribution in [0.5, 0.6) is 17.5 Å². The van der Waals surface area contributed by atoms with Gasteiger partial charge in [-0.2, -0.15) is 9.97 Å². The number of hydrogen-bond donors (Lipinski definition) is 0. The topological polar surface area (TPSA) is 108 Å². The van der Waals surface area contributed by atoms with Crippen molar-refractivity contribution < 1.29 is 18.8 Å². The van der Waals surface area contributed by atoms with E-state index in [2.05, 4.69) is 30.2 Å². The third kappa shape index (κ3) is 5.44. The van der Waals surface area contributed by atoms with E-state index in [0.29, 0.717) is 23.3 Å². The van der Waals surface area contributed by atoms with Gasteiger partial charge in [-0.25, -0.2) is 4.98 Å². The first kappa shape index (κ1) is 23.5. The highest BCUT2D eigenvalue weighted by Gasteiger charge is 2.26. The molecule has 2 aromatic heterocycles. The van der Waals surface area contributed by atoms with Crippen LogP contribution in [0.15, 0.2) is 40.3 Å². The number of hydrogen-bond acceptors (Lipinski definition) is 10. The average molecular weight is 467 g/mol. The molecule has 0 bridgehead atoms. The van der Waals surface area contributed by atoms with E-state index in [1.54, 1.807) is 7.11 Å². The maximum absolute atomic E-state index is 6.18. The maximum atomic E-state index is 6.18. The highest BCUT2D eigenvalue weighted by Crippen LogP contribution is 2.27. The zero-order valence-electron chi connectivity index (χ0n) is 20.2. The summed E-state index contributed by atoms with van der Waals surface area (Å²) in [7, 11) is 1.64. The van der Waals surface area contributed by atoms with Crippen LogP contribution >= 0.6 is 0 Å². The molecule has 0 N–H and O–H groups in total. The number of anilines is 1. The second-order valence-electron chi connectivity index (χ2n) is 8.50. The highest BCUT2D eigenvalue weighted by atomic mass is 16.6. The summed E-state index contributed by atoms with van der Waals surface area (Å²) in [6.45, 7) is 9.36. The van der Waals surface area contributed by atoms with Crippen LogP contribution in [0, 0.1) is 6.92 Å². The van der Waals surface area contributed by atoms with Crippen LogP contribution in [-0.2, 0) is 0 Å². The number of benzene rings is 1. The van der Waals surface area contributed by atoms with Gasteiger partial charge in [-0.05, 0) is 43.7 Å². The normalized spacial score (nSPS) is 15.0. The van der Waals surface area contributed by atoms with E-state index < -0.39 is 0 Å². The predicted octanol–water partition coefficient (Wildman–Crippen LogP) is 4.15. The molecular formula is C24H30N6O4. The van der Waals surface area contributed by atoms with Crippen molar-refractivity contribution in [2.24, 2.45) is 5.16 Å². The van der Waals surface area contributed by atoms with E-state index in [0.717, 1.165) is 48.8 Å². The number of ether oxygens (including phenoxy) is 2. The van der Waals surface area contributed by atoms with Gasteiger partial charge in [0.15, 0.2) is 5.82 Å². The molecule has 0 aliphatic carbocycles. The Morgan fingerprint density at radius 1 is 1.12 bits per heavy atom.